The van der Waals surface area contributed by atoms with E-state index >= 15 is 0 Å². The van der Waals surface area contributed by atoms with Crippen molar-refractivity contribution in [1.29, 1.82) is 0 Å². The maximum atomic E-state index is 9.91. The third kappa shape index (κ3) is 5.71. The van der Waals surface area contributed by atoms with E-state index in [1.807, 2.05) is 6.92 Å². The number of hydrogen-bond donors (Lipinski definition) is 1. The highest BCUT2D eigenvalue weighted by molar-refractivity contribution is 6.17. The molecule has 0 aromatic heterocycles. The first-order valence-corrected chi connectivity index (χ1v) is 6.26. The van der Waals surface area contributed by atoms with Crippen LogP contribution in [-0.2, 0) is 4.74 Å². The van der Waals surface area contributed by atoms with Crippen LogP contribution in [0.3, 0.4) is 0 Å². The Balaban J connectivity index is 2.14. The lowest BCUT2D eigenvalue weighted by Gasteiger charge is -2.22. The van der Waals surface area contributed by atoms with Crippen LogP contribution in [-0.4, -0.2) is 54.3 Å². The SMILES string of the molecule is CC1(O)CCCN(CCOCCCl)CC1. The van der Waals surface area contributed by atoms with Crippen molar-refractivity contribution in [3.05, 3.63) is 0 Å². The van der Waals surface area contributed by atoms with E-state index in [-0.39, 0.29) is 0 Å². The summed E-state index contributed by atoms with van der Waals surface area (Å²) in [4.78, 5) is 2.36. The van der Waals surface area contributed by atoms with E-state index in [2.05, 4.69) is 4.90 Å². The average molecular weight is 236 g/mol. The van der Waals surface area contributed by atoms with Crippen LogP contribution in [0, 0.1) is 0 Å². The normalized spacial score (nSPS) is 29.0. The van der Waals surface area contributed by atoms with E-state index in [0.29, 0.717) is 12.5 Å². The lowest BCUT2D eigenvalue weighted by atomic mass is 9.98. The van der Waals surface area contributed by atoms with E-state index in [4.69, 9.17) is 16.3 Å². The molecular formula is C11H22ClNO2. The van der Waals surface area contributed by atoms with Gasteiger partial charge in [0, 0.05) is 19.0 Å². The molecule has 1 atom stereocenters. The molecule has 15 heavy (non-hydrogen) atoms. The molecular weight excluding hydrogens is 214 g/mol. The fourth-order valence-corrected chi connectivity index (χ4v) is 2.00. The standard InChI is InChI=1S/C11H22ClNO2/c1-11(14)3-2-6-13(7-4-11)8-10-15-9-5-12/h14H,2-10H2,1H3. The topological polar surface area (TPSA) is 32.7 Å². The molecule has 90 valence electrons. The molecule has 1 heterocycles. The quantitative estimate of drug-likeness (QED) is 0.579. The molecule has 1 N–H and O–H groups in total. The van der Waals surface area contributed by atoms with Gasteiger partial charge in [0.25, 0.3) is 0 Å². The Kier molecular flexibility index (Phi) is 5.90. The second kappa shape index (κ2) is 6.69. The molecule has 0 saturated carbocycles. The van der Waals surface area contributed by atoms with E-state index < -0.39 is 5.60 Å². The molecule has 1 aliphatic rings. The van der Waals surface area contributed by atoms with Gasteiger partial charge in [-0.2, -0.15) is 0 Å². The van der Waals surface area contributed by atoms with Crippen LogP contribution in [0.2, 0.25) is 0 Å². The van der Waals surface area contributed by atoms with Crippen molar-refractivity contribution < 1.29 is 9.84 Å². The van der Waals surface area contributed by atoms with Gasteiger partial charge >= 0.3 is 0 Å². The van der Waals surface area contributed by atoms with Crippen molar-refractivity contribution in [3.63, 3.8) is 0 Å². The van der Waals surface area contributed by atoms with Crippen molar-refractivity contribution in [2.24, 2.45) is 0 Å². The molecule has 0 radical (unpaired) electrons. The first-order chi connectivity index (χ1) is 7.14. The largest absolute Gasteiger partial charge is 0.390 e. The van der Waals surface area contributed by atoms with Gasteiger partial charge in [-0.05, 0) is 32.7 Å². The molecule has 4 heteroatoms. The summed E-state index contributed by atoms with van der Waals surface area (Å²) in [5, 5.41) is 9.91. The van der Waals surface area contributed by atoms with Crippen LogP contribution in [0.4, 0.5) is 0 Å². The predicted octanol–water partition coefficient (Wildman–Crippen LogP) is 1.48. The molecule has 0 aliphatic carbocycles. The Labute approximate surface area is 97.4 Å². The van der Waals surface area contributed by atoms with Crippen LogP contribution in [0.5, 0.6) is 0 Å². The van der Waals surface area contributed by atoms with Crippen molar-refractivity contribution in [3.8, 4) is 0 Å². The molecule has 1 rings (SSSR count). The summed E-state index contributed by atoms with van der Waals surface area (Å²) < 4.78 is 5.34. The Hall–Kier alpha value is 0.170. The van der Waals surface area contributed by atoms with Gasteiger partial charge in [-0.15, -0.1) is 11.6 Å². The maximum absolute atomic E-state index is 9.91. The summed E-state index contributed by atoms with van der Waals surface area (Å²) in [6.07, 6.45) is 2.84. The Morgan fingerprint density at radius 2 is 2.13 bits per heavy atom. The summed E-state index contributed by atoms with van der Waals surface area (Å²) in [7, 11) is 0. The van der Waals surface area contributed by atoms with Gasteiger partial charge in [0.15, 0.2) is 0 Å². The Bertz CT molecular complexity index is 176. The van der Waals surface area contributed by atoms with Crippen molar-refractivity contribution >= 4 is 11.6 Å². The molecule has 1 fully saturated rings. The second-order valence-electron chi connectivity index (χ2n) is 4.49. The molecule has 1 aliphatic heterocycles. The monoisotopic (exact) mass is 235 g/mol. The second-order valence-corrected chi connectivity index (χ2v) is 4.87. The minimum Gasteiger partial charge on any atom is -0.390 e. The highest BCUT2D eigenvalue weighted by atomic mass is 35.5. The van der Waals surface area contributed by atoms with Gasteiger partial charge in [-0.3, -0.25) is 0 Å². The van der Waals surface area contributed by atoms with Gasteiger partial charge in [0.05, 0.1) is 18.8 Å². The van der Waals surface area contributed by atoms with Crippen molar-refractivity contribution in [2.45, 2.75) is 31.8 Å². The molecule has 3 nitrogen and oxygen atoms in total. The molecule has 0 bridgehead atoms. The lowest BCUT2D eigenvalue weighted by molar-refractivity contribution is 0.0431. The molecule has 1 unspecified atom stereocenters. The zero-order chi connectivity index (χ0) is 11.1. The minimum atomic E-state index is -0.467. The van der Waals surface area contributed by atoms with E-state index in [9.17, 15) is 5.11 Å². The number of nitrogens with zero attached hydrogens (tertiary/aromatic N) is 1. The van der Waals surface area contributed by atoms with Gasteiger partial charge in [0.1, 0.15) is 0 Å². The number of alkyl halides is 1. The van der Waals surface area contributed by atoms with Gasteiger partial charge in [-0.1, -0.05) is 0 Å². The van der Waals surface area contributed by atoms with Crippen LogP contribution in [0.1, 0.15) is 26.2 Å². The Morgan fingerprint density at radius 1 is 1.33 bits per heavy atom. The smallest absolute Gasteiger partial charge is 0.0632 e. The van der Waals surface area contributed by atoms with E-state index in [0.717, 1.165) is 45.5 Å². The summed E-state index contributed by atoms with van der Waals surface area (Å²) >= 11 is 5.51. The molecule has 0 spiro atoms. The number of halogens is 1. The van der Waals surface area contributed by atoms with Crippen LogP contribution in [0.25, 0.3) is 0 Å². The third-order valence-electron chi connectivity index (χ3n) is 2.93. The first-order valence-electron chi connectivity index (χ1n) is 5.72. The third-order valence-corrected chi connectivity index (χ3v) is 3.08. The number of likely N-dealkylation sites (tertiary alicyclic amines) is 1. The van der Waals surface area contributed by atoms with Gasteiger partial charge < -0.3 is 14.7 Å². The molecule has 0 aromatic carbocycles. The van der Waals surface area contributed by atoms with Crippen LogP contribution < -0.4 is 0 Å². The number of rotatable bonds is 5. The van der Waals surface area contributed by atoms with Gasteiger partial charge in [0.2, 0.25) is 0 Å². The summed E-state index contributed by atoms with van der Waals surface area (Å²) in [6.45, 7) is 6.30. The zero-order valence-corrected chi connectivity index (χ0v) is 10.3. The highest BCUT2D eigenvalue weighted by Gasteiger charge is 2.24. The highest BCUT2D eigenvalue weighted by Crippen LogP contribution is 2.20. The maximum Gasteiger partial charge on any atom is 0.0632 e. The summed E-state index contributed by atoms with van der Waals surface area (Å²) in [5.74, 6) is 0.564. The fourth-order valence-electron chi connectivity index (χ4n) is 1.89. The number of aliphatic hydroxyl groups is 1. The molecule has 1 saturated heterocycles. The average Bonchev–Trinajstić information content (AvgIpc) is 2.35. The van der Waals surface area contributed by atoms with Gasteiger partial charge in [-0.25, -0.2) is 0 Å². The van der Waals surface area contributed by atoms with Crippen LogP contribution >= 0.6 is 11.6 Å². The Morgan fingerprint density at radius 3 is 2.87 bits per heavy atom. The number of hydrogen-bond acceptors (Lipinski definition) is 3. The zero-order valence-electron chi connectivity index (χ0n) is 9.54. The summed E-state index contributed by atoms with van der Waals surface area (Å²) in [6, 6.07) is 0. The van der Waals surface area contributed by atoms with E-state index in [1.54, 1.807) is 0 Å². The van der Waals surface area contributed by atoms with E-state index in [1.165, 1.54) is 0 Å². The van der Waals surface area contributed by atoms with Crippen molar-refractivity contribution in [2.75, 3.05) is 38.7 Å². The van der Waals surface area contributed by atoms with Crippen molar-refractivity contribution in [1.82, 2.24) is 4.90 Å². The van der Waals surface area contributed by atoms with Crippen LogP contribution in [0.15, 0.2) is 0 Å². The predicted molar refractivity (Wildman–Crippen MR) is 62.5 cm³/mol. The lowest BCUT2D eigenvalue weighted by Crippen LogP contribution is -2.31. The fraction of sp³-hybridized carbons (Fsp3) is 1.00. The molecule has 0 amide bonds. The first kappa shape index (κ1) is 13.2. The molecule has 0 aromatic rings. The summed E-state index contributed by atoms with van der Waals surface area (Å²) in [5.41, 5.74) is -0.467. The number of ether oxygens (including phenoxy) is 1. The minimum absolute atomic E-state index is 0.467.